The van der Waals surface area contributed by atoms with Gasteiger partial charge in [-0.1, -0.05) is 49.7 Å². The summed E-state index contributed by atoms with van der Waals surface area (Å²) in [7, 11) is 0. The minimum absolute atomic E-state index is 0.0559. The highest BCUT2D eigenvalue weighted by Crippen LogP contribution is 2.32. The van der Waals surface area contributed by atoms with Gasteiger partial charge in [-0.05, 0) is 67.4 Å². The van der Waals surface area contributed by atoms with E-state index in [1.54, 1.807) is 54.7 Å². The monoisotopic (exact) mass is 526 g/mol. The zero-order chi connectivity index (χ0) is 26.9. The Bertz CT molecular complexity index is 1220. The van der Waals surface area contributed by atoms with Crippen molar-refractivity contribution in [2.45, 2.75) is 38.8 Å². The molecule has 3 aromatic rings. The summed E-state index contributed by atoms with van der Waals surface area (Å²) in [6, 6.07) is 13.8. The number of para-hydroxylation sites is 2. The molecule has 0 aliphatic carbocycles. The molecule has 1 heterocycles. The standard InChI is InChI=1S/C27H32ClFN6O2/c1-3-35(4-2)25(17-9-11-20(29)19(28)15-17)14-13-22(34-27(31)37)18-10-12-24(32-16-18)26(36)33-23-8-6-5-7-21(23)30/h5-12,15-16,22,25H,3-4,13-14,30H2,1-2H3,(H,33,36)(H3,31,34,37). The first kappa shape index (κ1) is 27.9. The van der Waals surface area contributed by atoms with Crippen molar-refractivity contribution in [1.29, 1.82) is 0 Å². The van der Waals surface area contributed by atoms with Crippen molar-refractivity contribution in [3.8, 4) is 0 Å². The summed E-state index contributed by atoms with van der Waals surface area (Å²) < 4.78 is 13.8. The molecule has 0 radical (unpaired) electrons. The van der Waals surface area contributed by atoms with E-state index in [9.17, 15) is 14.0 Å². The van der Waals surface area contributed by atoms with E-state index in [4.69, 9.17) is 23.1 Å². The number of hydrogen-bond acceptors (Lipinski definition) is 5. The van der Waals surface area contributed by atoms with Crippen LogP contribution in [-0.2, 0) is 0 Å². The molecule has 8 nitrogen and oxygen atoms in total. The van der Waals surface area contributed by atoms with Crippen LogP contribution in [0.1, 0.15) is 60.4 Å². The second kappa shape index (κ2) is 13.0. The van der Waals surface area contributed by atoms with Crippen LogP contribution in [0.15, 0.2) is 60.8 Å². The zero-order valence-corrected chi connectivity index (χ0v) is 21.6. The van der Waals surface area contributed by atoms with E-state index in [2.05, 4.69) is 34.4 Å². The van der Waals surface area contributed by atoms with Crippen molar-refractivity contribution >= 4 is 34.9 Å². The summed E-state index contributed by atoms with van der Waals surface area (Å²) >= 11 is 6.06. The van der Waals surface area contributed by atoms with Gasteiger partial charge in [0.15, 0.2) is 0 Å². The Labute approximate surface area is 221 Å². The van der Waals surface area contributed by atoms with Crippen molar-refractivity contribution in [2.24, 2.45) is 5.73 Å². The molecule has 196 valence electrons. The Balaban J connectivity index is 1.78. The van der Waals surface area contributed by atoms with Crippen molar-refractivity contribution in [3.63, 3.8) is 0 Å². The van der Waals surface area contributed by atoms with Crippen LogP contribution in [0.25, 0.3) is 0 Å². The molecule has 37 heavy (non-hydrogen) atoms. The van der Waals surface area contributed by atoms with Gasteiger partial charge in [-0.3, -0.25) is 14.7 Å². The minimum atomic E-state index is -0.671. The predicted molar refractivity (Wildman–Crippen MR) is 145 cm³/mol. The highest BCUT2D eigenvalue weighted by molar-refractivity contribution is 6.30. The predicted octanol–water partition coefficient (Wildman–Crippen LogP) is 5.28. The minimum Gasteiger partial charge on any atom is -0.397 e. The number of amides is 3. The van der Waals surface area contributed by atoms with Gasteiger partial charge in [0.2, 0.25) is 0 Å². The molecular weight excluding hydrogens is 495 g/mol. The molecule has 0 saturated heterocycles. The maximum absolute atomic E-state index is 13.8. The Morgan fingerprint density at radius 3 is 2.35 bits per heavy atom. The number of nitrogens with one attached hydrogen (secondary N) is 2. The third-order valence-corrected chi connectivity index (χ3v) is 6.55. The number of nitrogens with zero attached hydrogens (tertiary/aromatic N) is 2. The quantitative estimate of drug-likeness (QED) is 0.253. The number of pyridine rings is 1. The van der Waals surface area contributed by atoms with Crippen molar-refractivity contribution in [2.75, 3.05) is 24.1 Å². The van der Waals surface area contributed by atoms with Crippen molar-refractivity contribution in [3.05, 3.63) is 88.5 Å². The SMILES string of the molecule is CCN(CC)C(CCC(NC(N)=O)c1ccc(C(=O)Nc2ccccc2N)nc1)c1ccc(F)c(Cl)c1. The number of hydrogen-bond donors (Lipinski definition) is 4. The van der Waals surface area contributed by atoms with Crippen LogP contribution in [0, 0.1) is 5.82 Å². The third-order valence-electron chi connectivity index (χ3n) is 6.26. The lowest BCUT2D eigenvalue weighted by Gasteiger charge is -2.31. The van der Waals surface area contributed by atoms with Crippen LogP contribution in [0.3, 0.4) is 0 Å². The summed E-state index contributed by atoms with van der Waals surface area (Å²) in [4.78, 5) is 30.9. The van der Waals surface area contributed by atoms with Crippen LogP contribution in [0.5, 0.6) is 0 Å². The Kier molecular flexibility index (Phi) is 9.82. The molecule has 0 bridgehead atoms. The number of nitrogens with two attached hydrogens (primary N) is 2. The number of primary amides is 1. The van der Waals surface area contributed by atoms with E-state index in [0.29, 0.717) is 29.8 Å². The van der Waals surface area contributed by atoms with Gasteiger partial charge < -0.3 is 22.1 Å². The van der Waals surface area contributed by atoms with E-state index >= 15 is 0 Å². The summed E-state index contributed by atoms with van der Waals surface area (Å²) in [6.45, 7) is 5.66. The molecule has 3 rings (SSSR count). The highest BCUT2D eigenvalue weighted by Gasteiger charge is 2.23. The van der Waals surface area contributed by atoms with Gasteiger partial charge in [0, 0.05) is 12.2 Å². The number of rotatable bonds is 11. The summed E-state index contributed by atoms with van der Waals surface area (Å²) in [5.74, 6) is -0.874. The number of aromatic nitrogens is 1. The molecule has 3 amide bonds. The highest BCUT2D eigenvalue weighted by atomic mass is 35.5. The van der Waals surface area contributed by atoms with Gasteiger partial charge in [0.05, 0.1) is 22.4 Å². The average Bonchev–Trinajstić information content (AvgIpc) is 2.88. The molecule has 0 spiro atoms. The molecule has 0 fully saturated rings. The number of carbonyl (C=O) groups excluding carboxylic acids is 2. The normalized spacial score (nSPS) is 12.7. The second-order valence-corrected chi connectivity index (χ2v) is 8.97. The smallest absolute Gasteiger partial charge is 0.312 e. The van der Waals surface area contributed by atoms with Crippen LogP contribution >= 0.6 is 11.6 Å². The van der Waals surface area contributed by atoms with Gasteiger partial charge in [-0.15, -0.1) is 0 Å². The van der Waals surface area contributed by atoms with Gasteiger partial charge in [-0.25, -0.2) is 9.18 Å². The molecule has 2 unspecified atom stereocenters. The van der Waals surface area contributed by atoms with Crippen LogP contribution in [0.2, 0.25) is 5.02 Å². The fourth-order valence-corrected chi connectivity index (χ4v) is 4.49. The van der Waals surface area contributed by atoms with Crippen LogP contribution in [0.4, 0.5) is 20.6 Å². The van der Waals surface area contributed by atoms with Crippen molar-refractivity contribution in [1.82, 2.24) is 15.2 Å². The van der Waals surface area contributed by atoms with Gasteiger partial charge in [-0.2, -0.15) is 0 Å². The molecule has 2 aromatic carbocycles. The number of urea groups is 1. The fourth-order valence-electron chi connectivity index (χ4n) is 4.31. The first-order valence-corrected chi connectivity index (χ1v) is 12.5. The zero-order valence-electron chi connectivity index (χ0n) is 20.9. The molecular formula is C27H32ClFN6O2. The first-order chi connectivity index (χ1) is 17.7. The molecule has 0 aliphatic heterocycles. The fraction of sp³-hybridized carbons (Fsp3) is 0.296. The lowest BCUT2D eigenvalue weighted by atomic mass is 9.95. The van der Waals surface area contributed by atoms with Gasteiger partial charge in [0.1, 0.15) is 11.5 Å². The Hall–Kier alpha value is -3.69. The van der Waals surface area contributed by atoms with Crippen molar-refractivity contribution < 1.29 is 14.0 Å². The summed E-state index contributed by atoms with van der Waals surface area (Å²) in [5, 5.41) is 5.58. The molecule has 1 aromatic heterocycles. The van der Waals surface area contributed by atoms with E-state index in [0.717, 1.165) is 18.7 Å². The molecule has 2 atom stereocenters. The van der Waals surface area contributed by atoms with Gasteiger partial charge in [0.25, 0.3) is 5.91 Å². The van der Waals surface area contributed by atoms with E-state index in [1.807, 2.05) is 0 Å². The first-order valence-electron chi connectivity index (χ1n) is 12.1. The number of benzene rings is 2. The molecule has 10 heteroatoms. The van der Waals surface area contributed by atoms with E-state index in [-0.39, 0.29) is 16.8 Å². The number of carbonyl (C=O) groups is 2. The molecule has 6 N–H and O–H groups in total. The third kappa shape index (κ3) is 7.41. The van der Waals surface area contributed by atoms with E-state index < -0.39 is 23.8 Å². The van der Waals surface area contributed by atoms with E-state index in [1.165, 1.54) is 6.07 Å². The maximum Gasteiger partial charge on any atom is 0.312 e. The van der Waals surface area contributed by atoms with Crippen LogP contribution in [-0.4, -0.2) is 34.9 Å². The number of nitrogen functional groups attached to an aromatic ring is 1. The topological polar surface area (TPSA) is 126 Å². The average molecular weight is 527 g/mol. The lowest BCUT2D eigenvalue weighted by Crippen LogP contribution is -2.35. The largest absolute Gasteiger partial charge is 0.397 e. The second-order valence-electron chi connectivity index (χ2n) is 8.57. The number of anilines is 2. The number of halogens is 2. The summed E-state index contributed by atoms with van der Waals surface area (Å²) in [5.41, 5.74) is 14.1. The molecule has 0 saturated carbocycles. The lowest BCUT2D eigenvalue weighted by molar-refractivity contribution is 0.102. The maximum atomic E-state index is 13.8. The van der Waals surface area contributed by atoms with Gasteiger partial charge >= 0.3 is 6.03 Å². The molecule has 0 aliphatic rings. The Morgan fingerprint density at radius 2 is 1.76 bits per heavy atom. The Morgan fingerprint density at radius 1 is 1.05 bits per heavy atom. The summed E-state index contributed by atoms with van der Waals surface area (Å²) in [6.07, 6.45) is 2.70. The van der Waals surface area contributed by atoms with Crippen LogP contribution < -0.4 is 22.1 Å².